The lowest BCUT2D eigenvalue weighted by atomic mass is 10.4. The third kappa shape index (κ3) is 1.71. The maximum absolute atomic E-state index is 12.4. The molecule has 0 radical (unpaired) electrons. The first kappa shape index (κ1) is 11.1. The van der Waals surface area contributed by atoms with Gasteiger partial charge in [-0.1, -0.05) is 11.6 Å². The Morgan fingerprint density at radius 1 is 1.38 bits per heavy atom. The van der Waals surface area contributed by atoms with Crippen molar-refractivity contribution in [2.45, 2.75) is 19.6 Å². The van der Waals surface area contributed by atoms with Gasteiger partial charge in [-0.05, 0) is 6.92 Å². The Balaban J connectivity index is 2.73. The third-order valence-corrected chi connectivity index (χ3v) is 2.29. The van der Waals surface area contributed by atoms with Crippen molar-refractivity contribution in [1.82, 2.24) is 19.7 Å². The van der Waals surface area contributed by atoms with E-state index in [0.717, 1.165) is 0 Å². The first-order valence-electron chi connectivity index (χ1n) is 4.39. The molecule has 0 unspecified atom stereocenters. The second-order valence-corrected chi connectivity index (χ2v) is 3.39. The molecule has 0 N–H and O–H groups in total. The summed E-state index contributed by atoms with van der Waals surface area (Å²) >= 11 is 5.63. The number of alkyl halides is 3. The molecule has 2 aromatic heterocycles. The SMILES string of the molecule is CCn1ncc2c(Cl)nc(C(F)(F)F)nc21. The van der Waals surface area contributed by atoms with Crippen LogP contribution in [0.15, 0.2) is 6.20 Å². The van der Waals surface area contributed by atoms with Gasteiger partial charge in [-0.2, -0.15) is 18.3 Å². The Bertz CT molecular complexity index is 534. The molecule has 0 saturated heterocycles. The van der Waals surface area contributed by atoms with Crippen LogP contribution >= 0.6 is 11.6 Å². The van der Waals surface area contributed by atoms with E-state index < -0.39 is 12.0 Å². The Hall–Kier alpha value is -1.37. The highest BCUT2D eigenvalue weighted by Crippen LogP contribution is 2.29. The van der Waals surface area contributed by atoms with Crippen molar-refractivity contribution in [2.75, 3.05) is 0 Å². The van der Waals surface area contributed by atoms with E-state index in [1.807, 2.05) is 0 Å². The van der Waals surface area contributed by atoms with Crippen LogP contribution in [0, 0.1) is 0 Å². The molecule has 16 heavy (non-hydrogen) atoms. The highest BCUT2D eigenvalue weighted by atomic mass is 35.5. The average Bonchev–Trinajstić information content (AvgIpc) is 2.59. The van der Waals surface area contributed by atoms with Crippen LogP contribution < -0.4 is 0 Å². The smallest absolute Gasteiger partial charge is 0.247 e. The molecule has 2 aromatic rings. The van der Waals surface area contributed by atoms with Crippen molar-refractivity contribution in [3.8, 4) is 0 Å². The van der Waals surface area contributed by atoms with Crippen LogP contribution in [0.25, 0.3) is 11.0 Å². The number of hydrogen-bond acceptors (Lipinski definition) is 3. The predicted molar refractivity (Wildman–Crippen MR) is 51.0 cm³/mol. The maximum atomic E-state index is 12.4. The standard InChI is InChI=1S/C8H6ClF3N4/c1-2-16-6-4(3-13-16)5(9)14-7(15-6)8(10,11)12/h3H,2H2,1H3. The summed E-state index contributed by atoms with van der Waals surface area (Å²) in [5.41, 5.74) is 0.0924. The quantitative estimate of drug-likeness (QED) is 0.731. The van der Waals surface area contributed by atoms with E-state index in [1.165, 1.54) is 10.9 Å². The molecule has 0 aliphatic heterocycles. The third-order valence-electron chi connectivity index (χ3n) is 2.00. The molecule has 2 heterocycles. The first-order chi connectivity index (χ1) is 7.43. The second kappa shape index (κ2) is 3.58. The van der Waals surface area contributed by atoms with Crippen molar-refractivity contribution in [3.63, 3.8) is 0 Å². The fourth-order valence-corrected chi connectivity index (χ4v) is 1.49. The molecule has 86 valence electrons. The maximum Gasteiger partial charge on any atom is 0.451 e. The number of nitrogens with zero attached hydrogens (tertiary/aromatic N) is 4. The summed E-state index contributed by atoms with van der Waals surface area (Å²) in [4.78, 5) is 6.61. The summed E-state index contributed by atoms with van der Waals surface area (Å²) in [6.07, 6.45) is -3.26. The molecular formula is C8H6ClF3N4. The Morgan fingerprint density at radius 3 is 2.62 bits per heavy atom. The van der Waals surface area contributed by atoms with Crippen LogP contribution in [0.1, 0.15) is 12.7 Å². The zero-order chi connectivity index (χ0) is 11.9. The van der Waals surface area contributed by atoms with E-state index in [4.69, 9.17) is 11.6 Å². The van der Waals surface area contributed by atoms with Crippen LogP contribution in [0.3, 0.4) is 0 Å². The van der Waals surface area contributed by atoms with E-state index in [1.54, 1.807) is 6.92 Å². The van der Waals surface area contributed by atoms with E-state index in [0.29, 0.717) is 11.9 Å². The summed E-state index contributed by atoms with van der Waals surface area (Å²) in [5, 5.41) is 3.94. The minimum Gasteiger partial charge on any atom is -0.247 e. The van der Waals surface area contributed by atoms with Crippen LogP contribution in [-0.2, 0) is 12.7 Å². The molecule has 0 amide bonds. The zero-order valence-corrected chi connectivity index (χ0v) is 8.84. The van der Waals surface area contributed by atoms with Gasteiger partial charge in [0.1, 0.15) is 5.15 Å². The summed E-state index contributed by atoms with van der Waals surface area (Å²) < 4.78 is 38.6. The number of aromatic nitrogens is 4. The monoisotopic (exact) mass is 250 g/mol. The number of rotatable bonds is 1. The normalized spacial score (nSPS) is 12.3. The highest BCUT2D eigenvalue weighted by Gasteiger charge is 2.35. The topological polar surface area (TPSA) is 43.6 Å². The molecule has 0 saturated carbocycles. The average molecular weight is 251 g/mol. The van der Waals surface area contributed by atoms with Crippen molar-refractivity contribution in [3.05, 3.63) is 17.2 Å². The van der Waals surface area contributed by atoms with Crippen molar-refractivity contribution in [2.24, 2.45) is 0 Å². The van der Waals surface area contributed by atoms with Crippen LogP contribution in [0.5, 0.6) is 0 Å². The molecule has 8 heteroatoms. The molecule has 0 atom stereocenters. The van der Waals surface area contributed by atoms with E-state index in [9.17, 15) is 13.2 Å². The molecule has 0 aliphatic carbocycles. The molecule has 4 nitrogen and oxygen atoms in total. The van der Waals surface area contributed by atoms with Gasteiger partial charge in [0.25, 0.3) is 0 Å². The van der Waals surface area contributed by atoms with Gasteiger partial charge in [0.2, 0.25) is 5.82 Å². The Kier molecular flexibility index (Phi) is 2.49. The number of hydrogen-bond donors (Lipinski definition) is 0. The molecule has 0 bridgehead atoms. The Morgan fingerprint density at radius 2 is 2.06 bits per heavy atom. The number of halogens is 4. The van der Waals surface area contributed by atoms with Gasteiger partial charge in [0.15, 0.2) is 5.65 Å². The van der Waals surface area contributed by atoms with Gasteiger partial charge in [0.05, 0.1) is 11.6 Å². The fourth-order valence-electron chi connectivity index (χ4n) is 1.28. The highest BCUT2D eigenvalue weighted by molar-refractivity contribution is 6.33. The van der Waals surface area contributed by atoms with Crippen molar-refractivity contribution >= 4 is 22.6 Å². The molecular weight excluding hydrogens is 245 g/mol. The minimum atomic E-state index is -4.61. The van der Waals surface area contributed by atoms with E-state index in [2.05, 4.69) is 15.1 Å². The van der Waals surface area contributed by atoms with Crippen LogP contribution in [0.4, 0.5) is 13.2 Å². The fraction of sp³-hybridized carbons (Fsp3) is 0.375. The lowest BCUT2D eigenvalue weighted by Crippen LogP contribution is -2.12. The molecule has 0 aromatic carbocycles. The molecule has 0 fully saturated rings. The molecule has 0 aliphatic rings. The molecule has 2 rings (SSSR count). The van der Waals surface area contributed by atoms with Gasteiger partial charge in [-0.3, -0.25) is 0 Å². The Labute approximate surface area is 93.1 Å². The largest absolute Gasteiger partial charge is 0.451 e. The minimum absolute atomic E-state index is 0.0924. The second-order valence-electron chi connectivity index (χ2n) is 3.03. The van der Waals surface area contributed by atoms with Gasteiger partial charge in [-0.15, -0.1) is 0 Å². The summed E-state index contributed by atoms with van der Waals surface area (Å²) in [5.74, 6) is -1.25. The summed E-state index contributed by atoms with van der Waals surface area (Å²) in [7, 11) is 0. The van der Waals surface area contributed by atoms with E-state index in [-0.39, 0.29) is 10.8 Å². The van der Waals surface area contributed by atoms with Crippen LogP contribution in [-0.4, -0.2) is 19.7 Å². The van der Waals surface area contributed by atoms with Gasteiger partial charge in [-0.25, -0.2) is 14.6 Å². The number of aryl methyl sites for hydroxylation is 1. The lowest BCUT2D eigenvalue weighted by Gasteiger charge is -2.05. The number of fused-ring (bicyclic) bond motifs is 1. The zero-order valence-electron chi connectivity index (χ0n) is 8.09. The van der Waals surface area contributed by atoms with Crippen molar-refractivity contribution < 1.29 is 13.2 Å². The van der Waals surface area contributed by atoms with Crippen molar-refractivity contribution in [1.29, 1.82) is 0 Å². The predicted octanol–water partition coefficient (Wildman–Crippen LogP) is 2.52. The van der Waals surface area contributed by atoms with Gasteiger partial charge >= 0.3 is 6.18 Å². The van der Waals surface area contributed by atoms with Crippen LogP contribution in [0.2, 0.25) is 5.15 Å². The van der Waals surface area contributed by atoms with Gasteiger partial charge in [0, 0.05) is 6.54 Å². The van der Waals surface area contributed by atoms with Gasteiger partial charge < -0.3 is 0 Å². The van der Waals surface area contributed by atoms with E-state index >= 15 is 0 Å². The molecule has 0 spiro atoms. The summed E-state index contributed by atoms with van der Waals surface area (Å²) in [6.45, 7) is 2.16. The lowest BCUT2D eigenvalue weighted by molar-refractivity contribution is -0.144. The first-order valence-corrected chi connectivity index (χ1v) is 4.77. The summed E-state index contributed by atoms with van der Waals surface area (Å²) in [6, 6.07) is 0.